The zero-order chi connectivity index (χ0) is 18.0. The highest BCUT2D eigenvalue weighted by atomic mass is 16.5. The zero-order valence-electron chi connectivity index (χ0n) is 14.9. The Morgan fingerprint density at radius 2 is 2.08 bits per heavy atom. The van der Waals surface area contributed by atoms with Gasteiger partial charge in [-0.3, -0.25) is 4.79 Å². The van der Waals surface area contributed by atoms with Crippen molar-refractivity contribution < 1.29 is 19.4 Å². The molecule has 0 aromatic heterocycles. The van der Waals surface area contributed by atoms with Crippen molar-refractivity contribution in [2.45, 2.75) is 52.1 Å². The molecule has 0 aromatic carbocycles. The number of allylic oxidation sites excluding steroid dienone is 2. The Morgan fingerprint density at radius 1 is 1.38 bits per heavy atom. The number of esters is 1. The smallest absolute Gasteiger partial charge is 0.313 e. The Hall–Kier alpha value is -1.68. The molecular weight excluding hydrogens is 304 g/mol. The Bertz CT molecular complexity index is 579. The van der Waals surface area contributed by atoms with Crippen LogP contribution in [0.1, 0.15) is 46.5 Å². The molecule has 3 atom stereocenters. The molecule has 1 saturated heterocycles. The molecule has 2 fully saturated rings. The average molecular weight is 332 g/mol. The molecule has 1 heterocycles. The molecule has 1 N–H and O–H groups in total. The van der Waals surface area contributed by atoms with E-state index in [0.717, 1.165) is 36.7 Å². The van der Waals surface area contributed by atoms with Crippen LogP contribution in [0.25, 0.3) is 0 Å². The van der Waals surface area contributed by atoms with E-state index in [0.29, 0.717) is 6.42 Å². The first-order valence-electron chi connectivity index (χ1n) is 8.56. The summed E-state index contributed by atoms with van der Waals surface area (Å²) in [5.74, 6) is -0.509. The number of hydrogen-bond donors (Lipinski definition) is 1. The summed E-state index contributed by atoms with van der Waals surface area (Å²) in [6.45, 7) is 9.76. The first-order chi connectivity index (χ1) is 11.2. The number of aliphatic hydroxyl groups is 1. The van der Waals surface area contributed by atoms with Gasteiger partial charge in [-0.25, -0.2) is 0 Å². The highest BCUT2D eigenvalue weighted by Crippen LogP contribution is 2.43. The van der Waals surface area contributed by atoms with E-state index in [9.17, 15) is 14.7 Å². The molecule has 4 nitrogen and oxygen atoms in total. The summed E-state index contributed by atoms with van der Waals surface area (Å²) in [5, 5.41) is 9.79. The summed E-state index contributed by atoms with van der Waals surface area (Å²) in [6.07, 6.45) is 9.39. The van der Waals surface area contributed by atoms with E-state index >= 15 is 0 Å². The Morgan fingerprint density at radius 3 is 2.71 bits per heavy atom. The largest absolute Gasteiger partial charge is 0.461 e. The number of carbonyl (C=O) groups is 2. The van der Waals surface area contributed by atoms with Crippen LogP contribution in [0.3, 0.4) is 0 Å². The molecule has 0 bridgehead atoms. The summed E-state index contributed by atoms with van der Waals surface area (Å²) in [6, 6.07) is 0. The van der Waals surface area contributed by atoms with E-state index < -0.39 is 5.60 Å². The van der Waals surface area contributed by atoms with E-state index in [1.165, 1.54) is 0 Å². The second kappa shape index (κ2) is 7.06. The van der Waals surface area contributed by atoms with Gasteiger partial charge >= 0.3 is 5.97 Å². The molecule has 0 unspecified atom stereocenters. The van der Waals surface area contributed by atoms with Gasteiger partial charge in [0.15, 0.2) is 0 Å². The van der Waals surface area contributed by atoms with E-state index in [2.05, 4.69) is 6.58 Å². The van der Waals surface area contributed by atoms with E-state index in [1.54, 1.807) is 19.9 Å². The van der Waals surface area contributed by atoms with Crippen LogP contribution in [0.5, 0.6) is 0 Å². The molecule has 0 aromatic rings. The SMILES string of the molecule is C=C1CC[C@@](C)(C=O)CC[C@@H]2C(=C/C=C/C(C)(C)O)COC(=O)[C@@H]12. The Kier molecular flexibility index (Phi) is 5.49. The number of fused-ring (bicyclic) bond motifs is 1. The molecular formula is C20H28O4. The molecule has 0 radical (unpaired) electrons. The fourth-order valence-corrected chi connectivity index (χ4v) is 3.44. The molecule has 1 saturated carbocycles. The number of hydrogen-bond acceptors (Lipinski definition) is 4. The van der Waals surface area contributed by atoms with Crippen LogP contribution in [0.2, 0.25) is 0 Å². The predicted molar refractivity (Wildman–Crippen MR) is 93.2 cm³/mol. The van der Waals surface area contributed by atoms with Gasteiger partial charge in [-0.15, -0.1) is 0 Å². The minimum atomic E-state index is -0.886. The Labute approximate surface area is 144 Å². The zero-order valence-corrected chi connectivity index (χ0v) is 14.9. The van der Waals surface area contributed by atoms with Gasteiger partial charge in [0.1, 0.15) is 12.9 Å². The fourth-order valence-electron chi connectivity index (χ4n) is 3.44. The molecule has 0 spiro atoms. The quantitative estimate of drug-likeness (QED) is 0.489. The van der Waals surface area contributed by atoms with Crippen LogP contribution in [-0.2, 0) is 14.3 Å². The molecule has 1 aliphatic carbocycles. The molecule has 4 heteroatoms. The lowest BCUT2D eigenvalue weighted by Gasteiger charge is -2.38. The highest BCUT2D eigenvalue weighted by molar-refractivity contribution is 5.78. The van der Waals surface area contributed by atoms with E-state index in [1.807, 2.05) is 19.1 Å². The number of rotatable bonds is 3. The monoisotopic (exact) mass is 332 g/mol. The predicted octanol–water partition coefficient (Wildman–Crippen LogP) is 3.36. The first kappa shape index (κ1) is 18.7. The minimum absolute atomic E-state index is 0.0183. The molecule has 0 amide bonds. The third kappa shape index (κ3) is 4.44. The molecule has 2 rings (SSSR count). The van der Waals surface area contributed by atoms with Gasteiger partial charge in [-0.1, -0.05) is 37.3 Å². The van der Waals surface area contributed by atoms with E-state index in [4.69, 9.17) is 4.74 Å². The summed E-state index contributed by atoms with van der Waals surface area (Å²) in [7, 11) is 0. The molecule has 2 aliphatic rings. The first-order valence-corrected chi connectivity index (χ1v) is 8.56. The summed E-state index contributed by atoms with van der Waals surface area (Å²) in [5.41, 5.74) is 0.636. The highest BCUT2D eigenvalue weighted by Gasteiger charge is 2.41. The number of cyclic esters (lactones) is 1. The summed E-state index contributed by atoms with van der Waals surface area (Å²) in [4.78, 5) is 23.7. The second-order valence-corrected chi connectivity index (χ2v) is 7.92. The van der Waals surface area contributed by atoms with Gasteiger partial charge in [-0.05, 0) is 45.1 Å². The maximum atomic E-state index is 12.3. The van der Waals surface area contributed by atoms with Crippen molar-refractivity contribution in [3.63, 3.8) is 0 Å². The van der Waals surface area contributed by atoms with Crippen LogP contribution in [0, 0.1) is 17.3 Å². The van der Waals surface area contributed by atoms with Crippen molar-refractivity contribution >= 4 is 12.3 Å². The van der Waals surface area contributed by atoms with Gasteiger partial charge in [-0.2, -0.15) is 0 Å². The Balaban J connectivity index is 2.30. The van der Waals surface area contributed by atoms with Crippen molar-refractivity contribution in [1.82, 2.24) is 0 Å². The number of carbonyl (C=O) groups excluding carboxylic acids is 2. The third-order valence-electron chi connectivity index (χ3n) is 5.10. The maximum absolute atomic E-state index is 12.3. The van der Waals surface area contributed by atoms with Gasteiger partial charge in [0.25, 0.3) is 0 Å². The van der Waals surface area contributed by atoms with E-state index in [-0.39, 0.29) is 29.8 Å². The van der Waals surface area contributed by atoms with Gasteiger partial charge < -0.3 is 14.6 Å². The van der Waals surface area contributed by atoms with Crippen LogP contribution in [0.15, 0.2) is 36.0 Å². The van der Waals surface area contributed by atoms with Crippen molar-refractivity contribution in [2.75, 3.05) is 6.61 Å². The van der Waals surface area contributed by atoms with Gasteiger partial charge in [0.05, 0.1) is 11.5 Å². The van der Waals surface area contributed by atoms with Crippen molar-refractivity contribution in [3.8, 4) is 0 Å². The number of ether oxygens (including phenoxy) is 1. The lowest BCUT2D eigenvalue weighted by atomic mass is 9.68. The lowest BCUT2D eigenvalue weighted by molar-refractivity contribution is -0.151. The van der Waals surface area contributed by atoms with Crippen LogP contribution < -0.4 is 0 Å². The second-order valence-electron chi connectivity index (χ2n) is 7.92. The van der Waals surface area contributed by atoms with Gasteiger partial charge in [0.2, 0.25) is 0 Å². The molecule has 24 heavy (non-hydrogen) atoms. The minimum Gasteiger partial charge on any atom is -0.461 e. The third-order valence-corrected chi connectivity index (χ3v) is 5.10. The van der Waals surface area contributed by atoms with Crippen molar-refractivity contribution in [1.29, 1.82) is 0 Å². The summed E-state index contributed by atoms with van der Waals surface area (Å²) >= 11 is 0. The number of aldehydes is 1. The topological polar surface area (TPSA) is 63.6 Å². The lowest BCUT2D eigenvalue weighted by Crippen LogP contribution is -2.38. The molecule has 132 valence electrons. The van der Waals surface area contributed by atoms with Crippen molar-refractivity contribution in [2.24, 2.45) is 17.3 Å². The summed E-state index contributed by atoms with van der Waals surface area (Å²) < 4.78 is 5.35. The van der Waals surface area contributed by atoms with Crippen LogP contribution in [-0.4, -0.2) is 29.6 Å². The standard InChI is InChI=1S/C20H28O4/c1-14-7-10-20(4,13-21)11-8-16-15(6-5-9-19(2,3)23)12-24-18(22)17(14)16/h5-6,9,13,16-17,23H,1,7-8,10-12H2,2-4H3/b9-5+,15-6?/t16-,17+,20-/m1/s1. The van der Waals surface area contributed by atoms with Crippen LogP contribution >= 0.6 is 0 Å². The normalized spacial score (nSPS) is 33.8. The fraction of sp³-hybridized carbons (Fsp3) is 0.600. The van der Waals surface area contributed by atoms with Gasteiger partial charge in [0, 0.05) is 11.3 Å². The average Bonchev–Trinajstić information content (AvgIpc) is 2.49. The van der Waals surface area contributed by atoms with Crippen molar-refractivity contribution in [3.05, 3.63) is 36.0 Å². The maximum Gasteiger partial charge on any atom is 0.313 e. The molecule has 1 aliphatic heterocycles. The van der Waals surface area contributed by atoms with Crippen LogP contribution in [0.4, 0.5) is 0 Å².